The molecule has 0 aliphatic heterocycles. The Kier molecular flexibility index (Phi) is 66.7. The molecule has 376 valence electrons. The van der Waals surface area contributed by atoms with Crippen molar-refractivity contribution in [3.05, 3.63) is 34.9 Å². The van der Waals surface area contributed by atoms with E-state index in [0.717, 1.165) is 77.0 Å². The molecule has 0 fully saturated rings. The van der Waals surface area contributed by atoms with E-state index in [4.69, 9.17) is 0 Å². The Morgan fingerprint density at radius 2 is 0.455 bits per heavy atom. The predicted octanol–water partition coefficient (Wildman–Crippen LogP) is 6.36. The third-order valence-electron chi connectivity index (χ3n) is 10.1. The van der Waals surface area contributed by atoms with Crippen molar-refractivity contribution in [3.63, 3.8) is 0 Å². The van der Waals surface area contributed by atoms with E-state index in [9.17, 15) is 59.4 Å². The zero-order valence-electron chi connectivity index (χ0n) is 41.9. The predicted molar refractivity (Wildman–Crippen MR) is 256 cm³/mol. The minimum absolute atomic E-state index is 0.185. The number of unbranched alkanes of at least 4 members (excludes halogenated alkanes) is 25. The maximum atomic E-state index is 10.5. The van der Waals surface area contributed by atoms with Crippen molar-refractivity contribution >= 4 is 80.9 Å². The van der Waals surface area contributed by atoms with Gasteiger partial charge in [-0.05, 0) is 73.5 Å². The molecular formula is C52H88O12Sn2. The maximum absolute atomic E-state index is 10.5. The first kappa shape index (κ1) is 72.6. The van der Waals surface area contributed by atoms with Crippen molar-refractivity contribution in [1.82, 2.24) is 0 Å². The van der Waals surface area contributed by atoms with Crippen LogP contribution in [-0.2, 0) is 28.8 Å². The molecule has 0 heterocycles. The third kappa shape index (κ3) is 68.2. The second-order valence-electron chi connectivity index (χ2n) is 16.4. The third-order valence-corrected chi connectivity index (χ3v) is 12.1. The summed E-state index contributed by atoms with van der Waals surface area (Å²) in [7, 11) is 0. The molecule has 0 unspecified atom stereocenters. The summed E-state index contributed by atoms with van der Waals surface area (Å²) in [6.07, 6.45) is 38.4. The van der Waals surface area contributed by atoms with E-state index in [1.165, 1.54) is 105 Å². The molecule has 0 atom stereocenters. The van der Waals surface area contributed by atoms with Crippen LogP contribution in [0.15, 0.2) is 34.9 Å². The van der Waals surface area contributed by atoms with Crippen molar-refractivity contribution in [1.29, 1.82) is 0 Å². The van der Waals surface area contributed by atoms with Crippen LogP contribution in [0, 0.1) is 0 Å². The molecule has 0 aromatic rings. The van der Waals surface area contributed by atoms with Crippen LogP contribution in [-0.4, -0.2) is 80.9 Å². The number of carboxylic acid groups (broad SMARTS) is 6. The van der Waals surface area contributed by atoms with E-state index in [1.807, 2.05) is 0 Å². The standard InChI is InChI=1S/3C12H20O4.2C8H17.2Sn/c3*1-2-3-4-5-6-7-8-10(12(15)16)9-11(13)14;2*1-3-5-7-8-6-4-2;;/h3*9H,2-8H2,1H3,(H,13,14)(H,15,16);2*1,3-8H2,2H3;;/q;;;;;2*+3/p-6/b3*10-9-;;;;. The summed E-state index contributed by atoms with van der Waals surface area (Å²) < 4.78 is 2.91. The van der Waals surface area contributed by atoms with Gasteiger partial charge >= 0.3 is 145 Å². The van der Waals surface area contributed by atoms with E-state index in [1.54, 1.807) is 45.0 Å². The molecule has 0 radical (unpaired) electrons. The van der Waals surface area contributed by atoms with Crippen molar-refractivity contribution in [2.75, 3.05) is 0 Å². The molecule has 14 heteroatoms. The molecule has 66 heavy (non-hydrogen) atoms. The van der Waals surface area contributed by atoms with Gasteiger partial charge in [-0.15, -0.1) is 0 Å². The fraction of sp³-hybridized carbons (Fsp3) is 0.769. The molecule has 0 aromatic heterocycles. The van der Waals surface area contributed by atoms with Gasteiger partial charge in [-0.2, -0.15) is 0 Å². The van der Waals surface area contributed by atoms with Crippen molar-refractivity contribution < 1.29 is 59.4 Å². The number of hydrogen-bond donors (Lipinski definition) is 0. The van der Waals surface area contributed by atoms with Gasteiger partial charge in [-0.1, -0.05) is 117 Å². The van der Waals surface area contributed by atoms with E-state index >= 15 is 0 Å². The van der Waals surface area contributed by atoms with Gasteiger partial charge in [0.25, 0.3) is 0 Å². The van der Waals surface area contributed by atoms with E-state index in [2.05, 4.69) is 34.6 Å². The fourth-order valence-electron chi connectivity index (χ4n) is 6.22. The van der Waals surface area contributed by atoms with Gasteiger partial charge in [-0.3, -0.25) is 0 Å². The quantitative estimate of drug-likeness (QED) is 0.0371. The summed E-state index contributed by atoms with van der Waals surface area (Å²) in [4.78, 5) is 62.2. The average Bonchev–Trinajstić information content (AvgIpc) is 3.26. The molecule has 0 aliphatic rings. The zero-order chi connectivity index (χ0) is 51.1. The normalized spacial score (nSPS) is 11.1. The minimum atomic E-state index is -1.48. The summed E-state index contributed by atoms with van der Waals surface area (Å²) in [6, 6.07) is 0. The van der Waals surface area contributed by atoms with E-state index in [-0.39, 0.29) is 36.0 Å². The monoisotopic (exact) mass is 1140 g/mol. The van der Waals surface area contributed by atoms with E-state index < -0.39 is 35.8 Å². The average molecular weight is 1140 g/mol. The topological polar surface area (TPSA) is 241 Å². The first-order chi connectivity index (χ1) is 31.6. The Bertz CT molecular complexity index is 1110. The van der Waals surface area contributed by atoms with Gasteiger partial charge in [0.15, 0.2) is 0 Å². The Balaban J connectivity index is -0.000000240. The summed E-state index contributed by atoms with van der Waals surface area (Å²) in [6.45, 7) is 10.9. The summed E-state index contributed by atoms with van der Waals surface area (Å²) in [5, 5.41) is 62.2. The number of aliphatic carboxylic acids is 6. The summed E-state index contributed by atoms with van der Waals surface area (Å²) in [5.74, 6) is -8.70. The van der Waals surface area contributed by atoms with Crippen molar-refractivity contribution in [2.24, 2.45) is 0 Å². The number of carbonyl (C=O) groups excluding carboxylic acids is 6. The van der Waals surface area contributed by atoms with Crippen LogP contribution < -0.4 is 30.6 Å². The van der Waals surface area contributed by atoms with Crippen LogP contribution in [0.2, 0.25) is 8.87 Å². The molecule has 0 rings (SSSR count). The summed E-state index contributed by atoms with van der Waals surface area (Å²) in [5.41, 5.74) is -0.554. The molecule has 0 spiro atoms. The van der Waals surface area contributed by atoms with Crippen molar-refractivity contribution in [3.8, 4) is 0 Å². The molecular weight excluding hydrogens is 1050 g/mol. The Hall–Kier alpha value is -2.36. The van der Waals surface area contributed by atoms with Gasteiger partial charge in [0.2, 0.25) is 0 Å². The Morgan fingerprint density at radius 1 is 0.288 bits per heavy atom. The van der Waals surface area contributed by atoms with Gasteiger partial charge in [0.05, 0.1) is 35.8 Å². The molecule has 12 nitrogen and oxygen atoms in total. The molecule has 0 aliphatic carbocycles. The molecule has 0 N–H and O–H groups in total. The molecule has 0 amide bonds. The van der Waals surface area contributed by atoms with Crippen molar-refractivity contribution in [2.45, 2.75) is 255 Å². The SMILES string of the molecule is CCCCCCCC/C(=C/C(=O)[O-])C(=O)[O-].CCCCCCCC/C(=C/C(=O)[O-])C(=O)[O-].CCCCCCCC/C(=C/C(=O)[O-])C(=O)[O-].CCCCCCC[CH2][Sn+3].CCCCCCC[CH2][Sn+3]. The second-order valence-corrected chi connectivity index (χ2v) is 19.3. The second kappa shape index (κ2) is 60.7. The Morgan fingerprint density at radius 3 is 0.606 bits per heavy atom. The van der Waals surface area contributed by atoms with Crippen LogP contribution in [0.3, 0.4) is 0 Å². The first-order valence-electron chi connectivity index (χ1n) is 25.2. The van der Waals surface area contributed by atoms with Crippen LogP contribution in [0.5, 0.6) is 0 Å². The van der Waals surface area contributed by atoms with Crippen LogP contribution >= 0.6 is 0 Å². The van der Waals surface area contributed by atoms with E-state index in [0.29, 0.717) is 37.5 Å². The van der Waals surface area contributed by atoms with Gasteiger partial charge in [0.1, 0.15) is 0 Å². The van der Waals surface area contributed by atoms with Gasteiger partial charge < -0.3 is 59.4 Å². The fourth-order valence-corrected chi connectivity index (χ4v) is 7.65. The number of carbonyl (C=O) groups is 6. The van der Waals surface area contributed by atoms with Crippen LogP contribution in [0.25, 0.3) is 0 Å². The number of carboxylic acids is 6. The first-order valence-corrected chi connectivity index (χ1v) is 29.3. The van der Waals surface area contributed by atoms with Crippen LogP contribution in [0.1, 0.15) is 247 Å². The number of hydrogen-bond acceptors (Lipinski definition) is 12. The van der Waals surface area contributed by atoms with Crippen LogP contribution in [0.4, 0.5) is 0 Å². The molecule has 0 saturated heterocycles. The number of rotatable bonds is 39. The van der Waals surface area contributed by atoms with Gasteiger partial charge in [-0.25, -0.2) is 0 Å². The summed E-state index contributed by atoms with van der Waals surface area (Å²) >= 11 is 3.42. The molecule has 0 saturated carbocycles. The molecule has 0 aromatic carbocycles. The molecule has 0 bridgehead atoms. The Labute approximate surface area is 427 Å². The van der Waals surface area contributed by atoms with Gasteiger partial charge in [0, 0.05) is 0 Å². The zero-order valence-corrected chi connectivity index (χ0v) is 47.6.